The van der Waals surface area contributed by atoms with Crippen molar-refractivity contribution in [2.75, 3.05) is 25.6 Å². The predicted molar refractivity (Wildman–Crippen MR) is 116 cm³/mol. The SMILES string of the molecule is Cc1cc(-c2cnc(N(C)C)nc2CN(Cc2ccccc2)C(=O)[C@@H]2CCCO2)on1. The molecule has 31 heavy (non-hydrogen) atoms. The predicted octanol–water partition coefficient (Wildman–Crippen LogP) is 3.21. The molecule has 8 heteroatoms. The molecule has 0 radical (unpaired) electrons. The Labute approximate surface area is 181 Å². The number of rotatable bonds is 7. The van der Waals surface area contributed by atoms with E-state index >= 15 is 0 Å². The van der Waals surface area contributed by atoms with E-state index < -0.39 is 6.10 Å². The van der Waals surface area contributed by atoms with Crippen LogP contribution in [0.2, 0.25) is 0 Å². The minimum Gasteiger partial charge on any atom is -0.368 e. The molecule has 8 nitrogen and oxygen atoms in total. The van der Waals surface area contributed by atoms with Gasteiger partial charge in [0.15, 0.2) is 5.76 Å². The molecule has 0 unspecified atom stereocenters. The highest BCUT2D eigenvalue weighted by Crippen LogP contribution is 2.27. The number of nitrogens with zero attached hydrogens (tertiary/aromatic N) is 5. The largest absolute Gasteiger partial charge is 0.368 e. The van der Waals surface area contributed by atoms with Crippen molar-refractivity contribution in [2.24, 2.45) is 0 Å². The number of amides is 1. The maximum atomic E-state index is 13.3. The standard InChI is InChI=1S/C23H27N5O3/c1-16-12-21(31-26-16)18-13-24-23(27(2)3)25-19(18)15-28(14-17-8-5-4-6-9-17)22(29)20-10-7-11-30-20/h4-6,8-9,12-13,20H,7,10-11,14-15H2,1-3H3/t20-/m0/s1. The average molecular weight is 422 g/mol. The first-order valence-corrected chi connectivity index (χ1v) is 10.4. The summed E-state index contributed by atoms with van der Waals surface area (Å²) in [6.45, 7) is 3.27. The topological polar surface area (TPSA) is 84.6 Å². The number of aryl methyl sites for hydroxylation is 1. The lowest BCUT2D eigenvalue weighted by atomic mass is 10.1. The third-order valence-electron chi connectivity index (χ3n) is 5.22. The first kappa shape index (κ1) is 21.0. The van der Waals surface area contributed by atoms with Gasteiger partial charge >= 0.3 is 0 Å². The summed E-state index contributed by atoms with van der Waals surface area (Å²) in [6, 6.07) is 11.8. The number of ether oxygens (including phenoxy) is 1. The molecule has 4 rings (SSSR count). The Balaban J connectivity index is 1.70. The van der Waals surface area contributed by atoms with E-state index in [1.807, 2.05) is 62.3 Å². The molecule has 1 aliphatic rings. The Morgan fingerprint density at radius 1 is 1.19 bits per heavy atom. The van der Waals surface area contributed by atoms with Gasteiger partial charge < -0.3 is 19.1 Å². The van der Waals surface area contributed by atoms with E-state index in [2.05, 4.69) is 10.1 Å². The number of carbonyl (C=O) groups is 1. The smallest absolute Gasteiger partial charge is 0.252 e. The van der Waals surface area contributed by atoms with Crippen LogP contribution in [0.1, 0.15) is 29.8 Å². The second-order valence-corrected chi connectivity index (χ2v) is 7.94. The van der Waals surface area contributed by atoms with Gasteiger partial charge in [0, 0.05) is 39.5 Å². The van der Waals surface area contributed by atoms with Gasteiger partial charge in [-0.1, -0.05) is 35.5 Å². The molecule has 3 aromatic rings. The first-order valence-electron chi connectivity index (χ1n) is 10.4. The van der Waals surface area contributed by atoms with Gasteiger partial charge in [0.1, 0.15) is 6.10 Å². The fraction of sp³-hybridized carbons (Fsp3) is 0.391. The molecule has 1 atom stereocenters. The Morgan fingerprint density at radius 3 is 2.65 bits per heavy atom. The van der Waals surface area contributed by atoms with Crippen LogP contribution in [0.25, 0.3) is 11.3 Å². The van der Waals surface area contributed by atoms with E-state index in [0.29, 0.717) is 37.1 Å². The lowest BCUT2D eigenvalue weighted by molar-refractivity contribution is -0.142. The summed E-state index contributed by atoms with van der Waals surface area (Å²) < 4.78 is 11.2. The van der Waals surface area contributed by atoms with Crippen molar-refractivity contribution in [3.63, 3.8) is 0 Å². The van der Waals surface area contributed by atoms with Crippen molar-refractivity contribution in [1.29, 1.82) is 0 Å². The quantitative estimate of drug-likeness (QED) is 0.579. The normalized spacial score (nSPS) is 15.8. The molecule has 3 heterocycles. The van der Waals surface area contributed by atoms with Crippen LogP contribution in [0.5, 0.6) is 0 Å². The number of anilines is 1. The van der Waals surface area contributed by atoms with Crippen molar-refractivity contribution in [2.45, 2.75) is 39.0 Å². The molecule has 1 fully saturated rings. The maximum Gasteiger partial charge on any atom is 0.252 e. The number of hydrogen-bond acceptors (Lipinski definition) is 7. The Hall–Kier alpha value is -3.26. The zero-order valence-corrected chi connectivity index (χ0v) is 18.1. The van der Waals surface area contributed by atoms with Crippen molar-refractivity contribution in [3.05, 3.63) is 59.5 Å². The molecule has 2 aromatic heterocycles. The van der Waals surface area contributed by atoms with E-state index in [9.17, 15) is 4.79 Å². The number of benzene rings is 1. The van der Waals surface area contributed by atoms with E-state index in [1.165, 1.54) is 0 Å². The molecular weight excluding hydrogens is 394 g/mol. The van der Waals surface area contributed by atoms with Gasteiger partial charge in [-0.2, -0.15) is 0 Å². The van der Waals surface area contributed by atoms with E-state index in [1.54, 1.807) is 11.1 Å². The summed E-state index contributed by atoms with van der Waals surface area (Å²) in [7, 11) is 3.77. The molecule has 1 aliphatic heterocycles. The maximum absolute atomic E-state index is 13.3. The second-order valence-electron chi connectivity index (χ2n) is 7.94. The molecule has 0 N–H and O–H groups in total. The Morgan fingerprint density at radius 2 is 2.00 bits per heavy atom. The monoisotopic (exact) mass is 421 g/mol. The van der Waals surface area contributed by atoms with Gasteiger partial charge in [-0.15, -0.1) is 0 Å². The average Bonchev–Trinajstić information content (AvgIpc) is 3.45. The van der Waals surface area contributed by atoms with E-state index in [0.717, 1.165) is 29.7 Å². The minimum atomic E-state index is -0.408. The highest BCUT2D eigenvalue weighted by molar-refractivity contribution is 5.81. The van der Waals surface area contributed by atoms with Crippen LogP contribution in [0.4, 0.5) is 5.95 Å². The summed E-state index contributed by atoms with van der Waals surface area (Å²) in [4.78, 5) is 26.2. The summed E-state index contributed by atoms with van der Waals surface area (Å²) in [5.41, 5.74) is 3.25. The van der Waals surface area contributed by atoms with Gasteiger partial charge in [-0.05, 0) is 25.3 Å². The van der Waals surface area contributed by atoms with E-state index in [-0.39, 0.29) is 5.91 Å². The fourth-order valence-corrected chi connectivity index (χ4v) is 3.61. The second kappa shape index (κ2) is 9.26. The van der Waals surface area contributed by atoms with Crippen LogP contribution < -0.4 is 4.90 Å². The zero-order chi connectivity index (χ0) is 21.8. The van der Waals surface area contributed by atoms with Crippen LogP contribution in [-0.4, -0.2) is 52.7 Å². The van der Waals surface area contributed by atoms with Gasteiger partial charge in [0.2, 0.25) is 5.95 Å². The minimum absolute atomic E-state index is 0.0222. The highest BCUT2D eigenvalue weighted by atomic mass is 16.5. The molecule has 1 aromatic carbocycles. The van der Waals surface area contributed by atoms with Crippen LogP contribution in [0, 0.1) is 6.92 Å². The van der Waals surface area contributed by atoms with Gasteiger partial charge in [0.25, 0.3) is 5.91 Å². The number of hydrogen-bond donors (Lipinski definition) is 0. The number of carbonyl (C=O) groups excluding carboxylic acids is 1. The van der Waals surface area contributed by atoms with E-state index in [4.69, 9.17) is 14.2 Å². The van der Waals surface area contributed by atoms with Crippen LogP contribution in [0.15, 0.2) is 47.1 Å². The summed E-state index contributed by atoms with van der Waals surface area (Å²) in [6.07, 6.45) is 2.96. The van der Waals surface area contributed by atoms with Crippen LogP contribution in [0.3, 0.4) is 0 Å². The highest BCUT2D eigenvalue weighted by Gasteiger charge is 2.29. The van der Waals surface area contributed by atoms with Crippen molar-refractivity contribution in [3.8, 4) is 11.3 Å². The third kappa shape index (κ3) is 4.91. The lowest BCUT2D eigenvalue weighted by Gasteiger charge is -2.26. The fourth-order valence-electron chi connectivity index (χ4n) is 3.61. The third-order valence-corrected chi connectivity index (χ3v) is 5.22. The molecule has 0 saturated carbocycles. The van der Waals surface area contributed by atoms with Crippen molar-refractivity contribution >= 4 is 11.9 Å². The van der Waals surface area contributed by atoms with Crippen LogP contribution in [-0.2, 0) is 22.6 Å². The molecule has 0 spiro atoms. The summed E-state index contributed by atoms with van der Waals surface area (Å²) in [5.74, 6) is 1.13. The molecule has 1 amide bonds. The van der Waals surface area contributed by atoms with Gasteiger partial charge in [0.05, 0.1) is 23.5 Å². The Kier molecular flexibility index (Phi) is 6.27. The van der Waals surface area contributed by atoms with Gasteiger partial charge in [-0.3, -0.25) is 4.79 Å². The molecule has 1 saturated heterocycles. The van der Waals surface area contributed by atoms with Gasteiger partial charge in [-0.25, -0.2) is 9.97 Å². The van der Waals surface area contributed by atoms with Crippen molar-refractivity contribution in [1.82, 2.24) is 20.0 Å². The zero-order valence-electron chi connectivity index (χ0n) is 18.1. The van der Waals surface area contributed by atoms with Crippen molar-refractivity contribution < 1.29 is 14.1 Å². The molecule has 162 valence electrons. The molecular formula is C23H27N5O3. The molecule has 0 aliphatic carbocycles. The first-order chi connectivity index (χ1) is 15.0. The van der Waals surface area contributed by atoms with Crippen LogP contribution >= 0.6 is 0 Å². The lowest BCUT2D eigenvalue weighted by Crippen LogP contribution is -2.38. The summed E-state index contributed by atoms with van der Waals surface area (Å²) in [5, 5.41) is 4.00. The summed E-state index contributed by atoms with van der Waals surface area (Å²) >= 11 is 0. The number of aromatic nitrogens is 3. The Bertz CT molecular complexity index is 1030. The molecule has 0 bridgehead atoms.